The van der Waals surface area contributed by atoms with Crippen LogP contribution in [0.4, 0.5) is 14.5 Å². The molecule has 0 saturated carbocycles. The van der Waals surface area contributed by atoms with E-state index in [2.05, 4.69) is 0 Å². The number of nitro benzene ring substituents is 1. The van der Waals surface area contributed by atoms with Crippen molar-refractivity contribution in [2.45, 2.75) is 6.54 Å². The van der Waals surface area contributed by atoms with Crippen molar-refractivity contribution in [3.05, 3.63) is 72.5 Å². The van der Waals surface area contributed by atoms with Gasteiger partial charge in [-0.15, -0.1) is 0 Å². The molecule has 1 heterocycles. The predicted molar refractivity (Wildman–Crippen MR) is 63.4 cm³/mol. The highest BCUT2D eigenvalue weighted by Crippen LogP contribution is 2.20. The van der Waals surface area contributed by atoms with Gasteiger partial charge >= 0.3 is 11.4 Å². The monoisotopic (exact) mass is 283 g/mol. The molecular formula is C11H7F2N3O4. The maximum absolute atomic E-state index is 13.8. The standard InChI is InChI=1S/C11H7F2N3O4/c12-7-5-15(11(18)14-10(7)17)4-6-2-1-3-8(9(6)13)16(19)20/h1-3,5H,4H2,(H,14,17,18). The third-order valence-corrected chi connectivity index (χ3v) is 2.56. The summed E-state index contributed by atoms with van der Waals surface area (Å²) in [6.45, 7) is -0.444. The minimum Gasteiger partial charge on any atom is -0.293 e. The van der Waals surface area contributed by atoms with Gasteiger partial charge in [0.1, 0.15) is 0 Å². The second-order valence-electron chi connectivity index (χ2n) is 3.87. The highest BCUT2D eigenvalue weighted by atomic mass is 19.1. The number of hydrogen-bond acceptors (Lipinski definition) is 4. The number of aromatic nitrogens is 2. The molecule has 0 spiro atoms. The molecule has 7 nitrogen and oxygen atoms in total. The summed E-state index contributed by atoms with van der Waals surface area (Å²) in [6.07, 6.45) is 0.611. The zero-order valence-electron chi connectivity index (χ0n) is 9.80. The van der Waals surface area contributed by atoms with Gasteiger partial charge < -0.3 is 0 Å². The van der Waals surface area contributed by atoms with Gasteiger partial charge in [-0.2, -0.15) is 8.78 Å². The Morgan fingerprint density at radius 3 is 2.65 bits per heavy atom. The van der Waals surface area contributed by atoms with Gasteiger partial charge in [0, 0.05) is 11.6 Å². The van der Waals surface area contributed by atoms with Crippen LogP contribution in [0.5, 0.6) is 0 Å². The lowest BCUT2D eigenvalue weighted by atomic mass is 10.2. The third-order valence-electron chi connectivity index (χ3n) is 2.56. The zero-order chi connectivity index (χ0) is 14.9. The maximum atomic E-state index is 13.8. The van der Waals surface area contributed by atoms with Crippen molar-refractivity contribution in [3.8, 4) is 0 Å². The second-order valence-corrected chi connectivity index (χ2v) is 3.87. The summed E-state index contributed by atoms with van der Waals surface area (Å²) in [7, 11) is 0. The van der Waals surface area contributed by atoms with Crippen molar-refractivity contribution >= 4 is 5.69 Å². The number of hydrogen-bond donors (Lipinski definition) is 1. The predicted octanol–water partition coefficient (Wildman–Crippen LogP) is 0.771. The van der Waals surface area contributed by atoms with Gasteiger partial charge in [-0.05, 0) is 0 Å². The normalized spacial score (nSPS) is 10.5. The summed E-state index contributed by atoms with van der Waals surface area (Å²) in [5.41, 5.74) is -3.05. The Morgan fingerprint density at radius 2 is 2.00 bits per heavy atom. The summed E-state index contributed by atoms with van der Waals surface area (Å²) in [4.78, 5) is 33.6. The molecule has 2 aromatic rings. The lowest BCUT2D eigenvalue weighted by Gasteiger charge is -2.06. The van der Waals surface area contributed by atoms with E-state index in [1.807, 2.05) is 0 Å². The van der Waals surface area contributed by atoms with Crippen molar-refractivity contribution in [1.82, 2.24) is 9.55 Å². The number of aromatic amines is 1. The van der Waals surface area contributed by atoms with Crippen LogP contribution < -0.4 is 11.2 Å². The molecule has 0 amide bonds. The molecule has 20 heavy (non-hydrogen) atoms. The second kappa shape index (κ2) is 5.03. The number of halogens is 2. The Labute approximate surface area is 109 Å². The van der Waals surface area contributed by atoms with Gasteiger partial charge in [0.25, 0.3) is 5.56 Å². The number of benzene rings is 1. The SMILES string of the molecule is O=c1[nH]c(=O)n(Cc2cccc([N+](=O)[O-])c2F)cc1F. The van der Waals surface area contributed by atoms with Crippen LogP contribution in [0.25, 0.3) is 0 Å². The van der Waals surface area contributed by atoms with E-state index < -0.39 is 40.0 Å². The quantitative estimate of drug-likeness (QED) is 0.664. The summed E-state index contributed by atoms with van der Waals surface area (Å²) < 4.78 is 27.6. The maximum Gasteiger partial charge on any atom is 0.328 e. The fourth-order valence-corrected chi connectivity index (χ4v) is 1.61. The van der Waals surface area contributed by atoms with Crippen LogP contribution in [0.1, 0.15) is 5.56 Å². The molecule has 0 bridgehead atoms. The Hall–Kier alpha value is -2.84. The molecule has 1 N–H and O–H groups in total. The molecule has 2 rings (SSSR count). The fourth-order valence-electron chi connectivity index (χ4n) is 1.61. The highest BCUT2D eigenvalue weighted by Gasteiger charge is 2.17. The molecule has 0 atom stereocenters. The summed E-state index contributed by atoms with van der Waals surface area (Å²) in [5, 5.41) is 10.6. The largest absolute Gasteiger partial charge is 0.328 e. The van der Waals surface area contributed by atoms with Crippen molar-refractivity contribution in [2.24, 2.45) is 0 Å². The number of H-pyrrole nitrogens is 1. The van der Waals surface area contributed by atoms with Crippen LogP contribution in [0.15, 0.2) is 34.0 Å². The lowest BCUT2D eigenvalue weighted by Crippen LogP contribution is -2.31. The first-order chi connectivity index (χ1) is 9.40. The molecule has 9 heteroatoms. The summed E-state index contributed by atoms with van der Waals surface area (Å²) in [5.74, 6) is -2.33. The summed E-state index contributed by atoms with van der Waals surface area (Å²) >= 11 is 0. The van der Waals surface area contributed by atoms with Crippen molar-refractivity contribution < 1.29 is 13.7 Å². The van der Waals surface area contributed by atoms with E-state index >= 15 is 0 Å². The minimum absolute atomic E-state index is 0.173. The van der Waals surface area contributed by atoms with E-state index in [9.17, 15) is 28.5 Å². The van der Waals surface area contributed by atoms with E-state index in [1.54, 1.807) is 4.98 Å². The van der Waals surface area contributed by atoms with E-state index in [4.69, 9.17) is 0 Å². The van der Waals surface area contributed by atoms with Crippen LogP contribution in [-0.2, 0) is 6.54 Å². The Bertz CT molecular complexity index is 797. The molecule has 0 aliphatic rings. The molecule has 0 unspecified atom stereocenters. The Morgan fingerprint density at radius 1 is 1.30 bits per heavy atom. The number of rotatable bonds is 3. The first kappa shape index (κ1) is 13.6. The van der Waals surface area contributed by atoms with Gasteiger partial charge in [-0.25, -0.2) is 4.79 Å². The molecule has 1 aromatic carbocycles. The van der Waals surface area contributed by atoms with Crippen molar-refractivity contribution in [2.75, 3.05) is 0 Å². The van der Waals surface area contributed by atoms with Gasteiger partial charge in [0.15, 0.2) is 0 Å². The lowest BCUT2D eigenvalue weighted by molar-refractivity contribution is -0.387. The molecule has 0 saturated heterocycles. The van der Waals surface area contributed by atoms with Crippen LogP contribution in [-0.4, -0.2) is 14.5 Å². The molecule has 0 aliphatic heterocycles. The third kappa shape index (κ3) is 2.46. The van der Waals surface area contributed by atoms with E-state index in [-0.39, 0.29) is 5.56 Å². The summed E-state index contributed by atoms with van der Waals surface area (Å²) in [6, 6.07) is 3.43. The average molecular weight is 283 g/mol. The van der Waals surface area contributed by atoms with Gasteiger partial charge in [0.2, 0.25) is 11.6 Å². The highest BCUT2D eigenvalue weighted by molar-refractivity contribution is 5.36. The smallest absolute Gasteiger partial charge is 0.293 e. The van der Waals surface area contributed by atoms with E-state index in [1.165, 1.54) is 12.1 Å². The first-order valence-corrected chi connectivity index (χ1v) is 5.31. The van der Waals surface area contributed by atoms with E-state index in [0.29, 0.717) is 10.8 Å². The topological polar surface area (TPSA) is 98.0 Å². The molecule has 0 fully saturated rings. The van der Waals surface area contributed by atoms with Gasteiger partial charge in [-0.3, -0.25) is 24.5 Å². The van der Waals surface area contributed by atoms with Gasteiger partial charge in [0.05, 0.1) is 17.7 Å². The molecule has 104 valence electrons. The first-order valence-electron chi connectivity index (χ1n) is 5.31. The molecule has 0 radical (unpaired) electrons. The fraction of sp³-hybridized carbons (Fsp3) is 0.0909. The molecule has 0 aliphatic carbocycles. The Balaban J connectivity index is 2.48. The Kier molecular flexibility index (Phi) is 3.42. The number of nitro groups is 1. The van der Waals surface area contributed by atoms with E-state index in [0.717, 1.165) is 6.07 Å². The zero-order valence-corrected chi connectivity index (χ0v) is 9.80. The number of nitrogens with zero attached hydrogens (tertiary/aromatic N) is 2. The van der Waals surface area contributed by atoms with Crippen LogP contribution in [0.3, 0.4) is 0 Å². The van der Waals surface area contributed by atoms with Crippen LogP contribution in [0, 0.1) is 21.7 Å². The average Bonchev–Trinajstić information content (AvgIpc) is 2.37. The van der Waals surface area contributed by atoms with Gasteiger partial charge in [-0.1, -0.05) is 12.1 Å². The van der Waals surface area contributed by atoms with Crippen LogP contribution in [0.2, 0.25) is 0 Å². The van der Waals surface area contributed by atoms with Crippen LogP contribution >= 0.6 is 0 Å². The molecular weight excluding hydrogens is 276 g/mol. The van der Waals surface area contributed by atoms with Crippen molar-refractivity contribution in [1.29, 1.82) is 0 Å². The minimum atomic E-state index is -1.21. The molecule has 1 aromatic heterocycles. The van der Waals surface area contributed by atoms with Crippen molar-refractivity contribution in [3.63, 3.8) is 0 Å². The number of nitrogens with one attached hydrogen (secondary N) is 1.